The summed E-state index contributed by atoms with van der Waals surface area (Å²) in [6, 6.07) is -1.10. The van der Waals surface area contributed by atoms with Gasteiger partial charge in [-0.05, 0) is 6.92 Å². The molecule has 0 rings (SSSR count). The van der Waals surface area contributed by atoms with Gasteiger partial charge in [-0.2, -0.15) is 0 Å². The number of carbonyl (C=O) groups is 3. The predicted octanol–water partition coefficient (Wildman–Crippen LogP) is -0.445. The summed E-state index contributed by atoms with van der Waals surface area (Å²) in [6.07, 6.45) is -0.172. The van der Waals surface area contributed by atoms with Crippen LogP contribution >= 0.6 is 0 Å². The third-order valence-corrected chi connectivity index (χ3v) is 1.17. The zero-order valence-electron chi connectivity index (χ0n) is 6.96. The van der Waals surface area contributed by atoms with Gasteiger partial charge in [0.1, 0.15) is 11.8 Å². The van der Waals surface area contributed by atoms with E-state index in [-0.39, 0.29) is 12.2 Å². The first-order valence-corrected chi connectivity index (χ1v) is 3.43. The molecule has 1 atom stereocenters. The average molecular weight is 173 g/mol. The van der Waals surface area contributed by atoms with Crippen LogP contribution in [0.4, 0.5) is 0 Å². The second kappa shape index (κ2) is 4.48. The van der Waals surface area contributed by atoms with Crippen LogP contribution in [0.15, 0.2) is 0 Å². The number of nitrogens with one attached hydrogen (secondary N) is 1. The second-order valence-corrected chi connectivity index (χ2v) is 2.50. The summed E-state index contributed by atoms with van der Waals surface area (Å²) in [7, 11) is 0. The van der Waals surface area contributed by atoms with E-state index < -0.39 is 17.9 Å². The fourth-order valence-corrected chi connectivity index (χ4v) is 0.733. The molecule has 5 nitrogen and oxygen atoms in total. The van der Waals surface area contributed by atoms with Gasteiger partial charge in [0, 0.05) is 13.3 Å². The first-order valence-electron chi connectivity index (χ1n) is 3.43. The fourth-order valence-electron chi connectivity index (χ4n) is 0.733. The van der Waals surface area contributed by atoms with Crippen molar-refractivity contribution >= 4 is 17.7 Å². The van der Waals surface area contributed by atoms with Crippen molar-refractivity contribution < 1.29 is 19.5 Å². The number of ketones is 1. The van der Waals surface area contributed by atoms with Crippen LogP contribution in [0, 0.1) is 0 Å². The van der Waals surface area contributed by atoms with Crippen LogP contribution in [0.3, 0.4) is 0 Å². The van der Waals surface area contributed by atoms with Crippen LogP contribution in [0.5, 0.6) is 0 Å². The van der Waals surface area contributed by atoms with Crippen LogP contribution in [0.25, 0.3) is 0 Å². The Hall–Kier alpha value is -1.39. The molecule has 0 radical (unpaired) electrons. The number of aliphatic carboxylic acids is 1. The van der Waals surface area contributed by atoms with Gasteiger partial charge in [-0.15, -0.1) is 0 Å². The van der Waals surface area contributed by atoms with Crippen LogP contribution in [0.2, 0.25) is 0 Å². The van der Waals surface area contributed by atoms with E-state index in [0.29, 0.717) is 0 Å². The van der Waals surface area contributed by atoms with Gasteiger partial charge < -0.3 is 10.4 Å². The minimum atomic E-state index is -1.19. The lowest BCUT2D eigenvalue weighted by Crippen LogP contribution is -2.40. The maximum atomic E-state index is 10.5. The summed E-state index contributed by atoms with van der Waals surface area (Å²) in [5.74, 6) is -1.92. The summed E-state index contributed by atoms with van der Waals surface area (Å²) < 4.78 is 0. The number of carboxylic acid groups (broad SMARTS) is 1. The van der Waals surface area contributed by atoms with Crippen molar-refractivity contribution in [2.24, 2.45) is 0 Å². The minimum Gasteiger partial charge on any atom is -0.480 e. The highest BCUT2D eigenvalue weighted by molar-refractivity contribution is 5.87. The molecule has 0 saturated heterocycles. The van der Waals surface area contributed by atoms with Crippen molar-refractivity contribution in [1.82, 2.24) is 5.32 Å². The topological polar surface area (TPSA) is 83.5 Å². The first-order chi connectivity index (χ1) is 5.43. The van der Waals surface area contributed by atoms with Gasteiger partial charge in [0.15, 0.2) is 0 Å². The van der Waals surface area contributed by atoms with Crippen LogP contribution < -0.4 is 5.32 Å². The highest BCUT2D eigenvalue weighted by atomic mass is 16.4. The molecule has 0 unspecified atom stereocenters. The number of hydrogen-bond acceptors (Lipinski definition) is 3. The first kappa shape index (κ1) is 10.6. The molecular weight excluding hydrogens is 162 g/mol. The smallest absolute Gasteiger partial charge is 0.326 e. The van der Waals surface area contributed by atoms with Crippen molar-refractivity contribution in [3.05, 3.63) is 0 Å². The molecule has 0 fully saturated rings. The van der Waals surface area contributed by atoms with Gasteiger partial charge in [-0.3, -0.25) is 9.59 Å². The van der Waals surface area contributed by atoms with E-state index in [1.807, 2.05) is 0 Å². The zero-order valence-corrected chi connectivity index (χ0v) is 6.96. The Kier molecular flexibility index (Phi) is 3.96. The highest BCUT2D eigenvalue weighted by Crippen LogP contribution is 1.93. The largest absolute Gasteiger partial charge is 0.480 e. The van der Waals surface area contributed by atoms with E-state index in [1.165, 1.54) is 13.8 Å². The maximum absolute atomic E-state index is 10.5. The predicted molar refractivity (Wildman–Crippen MR) is 40.5 cm³/mol. The molecule has 0 aromatic carbocycles. The number of carboxylic acids is 1. The molecule has 0 spiro atoms. The molecular formula is C7H11NO4. The lowest BCUT2D eigenvalue weighted by atomic mass is 10.1. The van der Waals surface area contributed by atoms with Crippen molar-refractivity contribution in [2.75, 3.05) is 0 Å². The summed E-state index contributed by atoms with van der Waals surface area (Å²) in [5.41, 5.74) is 0. The molecule has 0 aliphatic carbocycles. The van der Waals surface area contributed by atoms with E-state index in [0.717, 1.165) is 0 Å². The number of rotatable bonds is 4. The van der Waals surface area contributed by atoms with E-state index in [1.54, 1.807) is 0 Å². The quantitative estimate of drug-likeness (QED) is 0.603. The molecule has 1 amide bonds. The Labute approximate surface area is 69.8 Å². The van der Waals surface area contributed by atoms with E-state index in [2.05, 4.69) is 5.32 Å². The van der Waals surface area contributed by atoms with Crippen LogP contribution in [0.1, 0.15) is 20.3 Å². The molecule has 0 saturated carbocycles. The number of hydrogen-bond donors (Lipinski definition) is 2. The van der Waals surface area contributed by atoms with Gasteiger partial charge in [0.25, 0.3) is 0 Å². The normalized spacial score (nSPS) is 11.8. The van der Waals surface area contributed by atoms with Crippen LogP contribution in [-0.4, -0.2) is 28.8 Å². The molecule has 68 valence electrons. The standard InChI is InChI=1S/C7H11NO4/c1-4(9)3-6(7(11)12)8-5(2)10/h6H,3H2,1-2H3,(H,8,10)(H,11,12)/t6-/m1/s1. The van der Waals surface area contributed by atoms with Gasteiger partial charge in [0.05, 0.1) is 0 Å². The Morgan fingerprint density at radius 2 is 1.83 bits per heavy atom. The third kappa shape index (κ3) is 4.43. The monoisotopic (exact) mass is 173 g/mol. The van der Waals surface area contributed by atoms with Gasteiger partial charge in [-0.25, -0.2) is 4.79 Å². The number of Topliss-reactive ketones (excluding diaryl/α,β-unsaturated/α-hetero) is 1. The maximum Gasteiger partial charge on any atom is 0.326 e. The van der Waals surface area contributed by atoms with Gasteiger partial charge >= 0.3 is 5.97 Å². The van der Waals surface area contributed by atoms with Gasteiger partial charge in [0.2, 0.25) is 5.91 Å². The Bertz CT molecular complexity index is 195. The van der Waals surface area contributed by atoms with Crippen molar-refractivity contribution in [3.8, 4) is 0 Å². The summed E-state index contributed by atoms with van der Waals surface area (Å²) in [6.45, 7) is 2.48. The van der Waals surface area contributed by atoms with E-state index in [9.17, 15) is 14.4 Å². The highest BCUT2D eigenvalue weighted by Gasteiger charge is 2.19. The Morgan fingerprint density at radius 3 is 2.08 bits per heavy atom. The Balaban J connectivity index is 4.14. The van der Waals surface area contributed by atoms with E-state index >= 15 is 0 Å². The summed E-state index contributed by atoms with van der Waals surface area (Å²) in [4.78, 5) is 31.4. The summed E-state index contributed by atoms with van der Waals surface area (Å²) in [5, 5.41) is 10.7. The van der Waals surface area contributed by atoms with Crippen molar-refractivity contribution in [1.29, 1.82) is 0 Å². The zero-order chi connectivity index (χ0) is 9.72. The Morgan fingerprint density at radius 1 is 1.33 bits per heavy atom. The molecule has 0 aromatic rings. The second-order valence-electron chi connectivity index (χ2n) is 2.50. The van der Waals surface area contributed by atoms with E-state index in [4.69, 9.17) is 5.11 Å². The number of amides is 1. The minimum absolute atomic E-state index is 0.172. The molecule has 12 heavy (non-hydrogen) atoms. The van der Waals surface area contributed by atoms with Crippen molar-refractivity contribution in [3.63, 3.8) is 0 Å². The van der Waals surface area contributed by atoms with Crippen LogP contribution in [-0.2, 0) is 14.4 Å². The molecule has 0 aliphatic heterocycles. The molecule has 0 bridgehead atoms. The molecule has 0 aromatic heterocycles. The van der Waals surface area contributed by atoms with Gasteiger partial charge in [-0.1, -0.05) is 0 Å². The van der Waals surface area contributed by atoms with Crippen molar-refractivity contribution in [2.45, 2.75) is 26.3 Å². The molecule has 2 N–H and O–H groups in total. The summed E-state index contributed by atoms with van der Waals surface area (Å²) >= 11 is 0. The number of carbonyl (C=O) groups excluding carboxylic acids is 2. The third-order valence-electron chi connectivity index (χ3n) is 1.17. The fraction of sp³-hybridized carbons (Fsp3) is 0.571. The molecule has 5 heteroatoms. The SMILES string of the molecule is CC(=O)C[C@@H](NC(C)=O)C(=O)O. The average Bonchev–Trinajstić information content (AvgIpc) is 1.83. The molecule has 0 aliphatic rings. The molecule has 0 heterocycles. The lowest BCUT2D eigenvalue weighted by molar-refractivity contribution is -0.143. The lowest BCUT2D eigenvalue weighted by Gasteiger charge is -2.10.